The number of aromatic nitrogens is 4. The zero-order valence-corrected chi connectivity index (χ0v) is 18.1. The molecule has 0 saturated carbocycles. The summed E-state index contributed by atoms with van der Waals surface area (Å²) in [5, 5.41) is 4.03. The van der Waals surface area contributed by atoms with Gasteiger partial charge in [0.1, 0.15) is 4.60 Å². The van der Waals surface area contributed by atoms with Crippen molar-refractivity contribution in [2.75, 3.05) is 5.32 Å². The second-order valence-electron chi connectivity index (χ2n) is 7.25. The van der Waals surface area contributed by atoms with E-state index in [0.29, 0.717) is 5.82 Å². The lowest BCUT2D eigenvalue weighted by atomic mass is 10.1. The molecule has 0 amide bonds. The predicted molar refractivity (Wildman–Crippen MR) is 108 cm³/mol. The maximum Gasteiger partial charge on any atom is 0.188 e. The lowest BCUT2D eigenvalue weighted by Crippen LogP contribution is -2.39. The first kappa shape index (κ1) is 18.5. The molecule has 25 heavy (non-hydrogen) atoms. The average molecular weight is 440 g/mol. The average Bonchev–Trinajstić information content (AvgIpc) is 3.17. The maximum absolute atomic E-state index is 10.4. The van der Waals surface area contributed by atoms with Crippen LogP contribution in [-0.2, 0) is 6.42 Å². The highest BCUT2D eigenvalue weighted by atomic mass is 79.9. The molecule has 0 bridgehead atoms. The molecule has 0 atom stereocenters. The van der Waals surface area contributed by atoms with Crippen molar-refractivity contribution in [1.29, 1.82) is 0 Å². The van der Waals surface area contributed by atoms with Gasteiger partial charge in [-0.15, -0.1) is 11.3 Å². The fourth-order valence-corrected chi connectivity index (χ4v) is 4.24. The minimum Gasteiger partial charge on any atom is -0.432 e. The zero-order chi connectivity index (χ0) is 18.2. The molecule has 3 heterocycles. The molecule has 6 nitrogen and oxygen atoms in total. The molecular weight excluding hydrogens is 418 g/mol. The lowest BCUT2D eigenvalue weighted by molar-refractivity contribution is 0.452. The highest BCUT2D eigenvalue weighted by Gasteiger charge is 2.37. The van der Waals surface area contributed by atoms with Gasteiger partial charge in [-0.1, -0.05) is 13.8 Å². The SMILES string of the molecule is CC(C)(CCc1cnc(Nc2ncc(Br)n3ccnc23)s1)[Si](C)(C)O. The number of nitrogens with one attached hydrogen (secondary N) is 1. The van der Waals surface area contributed by atoms with Crippen molar-refractivity contribution < 1.29 is 4.80 Å². The van der Waals surface area contributed by atoms with Gasteiger partial charge in [-0.05, 0) is 46.9 Å². The smallest absolute Gasteiger partial charge is 0.188 e. The standard InChI is InChI=1S/C16H22BrN5OSSi/c1-16(2,25(3,4)23)6-5-11-9-20-15(24-11)21-13-14-18-7-8-22(14)12(17)10-19-13/h7-10,23H,5-6H2,1-4H3,(H,19,20,21). The first-order chi connectivity index (χ1) is 11.7. The molecule has 0 saturated heterocycles. The summed E-state index contributed by atoms with van der Waals surface area (Å²) < 4.78 is 2.77. The summed E-state index contributed by atoms with van der Waals surface area (Å²) in [6.07, 6.45) is 9.12. The van der Waals surface area contributed by atoms with E-state index in [-0.39, 0.29) is 5.04 Å². The second-order valence-corrected chi connectivity index (χ2v) is 13.6. The number of aryl methyl sites for hydroxylation is 1. The Morgan fingerprint density at radius 3 is 2.76 bits per heavy atom. The predicted octanol–water partition coefficient (Wildman–Crippen LogP) is 4.60. The van der Waals surface area contributed by atoms with Gasteiger partial charge < -0.3 is 10.1 Å². The van der Waals surface area contributed by atoms with Crippen LogP contribution >= 0.6 is 27.3 Å². The number of fused-ring (bicyclic) bond motifs is 1. The van der Waals surface area contributed by atoms with E-state index in [2.05, 4.69) is 50.0 Å². The number of nitrogens with zero attached hydrogens (tertiary/aromatic N) is 4. The van der Waals surface area contributed by atoms with E-state index in [4.69, 9.17) is 0 Å². The van der Waals surface area contributed by atoms with E-state index >= 15 is 0 Å². The van der Waals surface area contributed by atoms with Gasteiger partial charge >= 0.3 is 0 Å². The largest absolute Gasteiger partial charge is 0.432 e. The number of anilines is 2. The third kappa shape index (κ3) is 3.94. The van der Waals surface area contributed by atoms with Crippen LogP contribution in [0.2, 0.25) is 18.1 Å². The summed E-state index contributed by atoms with van der Waals surface area (Å²) in [5.41, 5.74) is 0.750. The van der Waals surface area contributed by atoms with E-state index in [1.165, 1.54) is 4.88 Å². The highest BCUT2D eigenvalue weighted by Crippen LogP contribution is 2.40. The van der Waals surface area contributed by atoms with Crippen LogP contribution < -0.4 is 5.32 Å². The molecule has 0 spiro atoms. The number of halogens is 1. The van der Waals surface area contributed by atoms with Crippen LogP contribution in [0, 0.1) is 0 Å². The third-order valence-corrected chi connectivity index (χ3v) is 9.94. The fraction of sp³-hybridized carbons (Fsp3) is 0.438. The number of hydrogen-bond acceptors (Lipinski definition) is 6. The van der Waals surface area contributed by atoms with Crippen LogP contribution in [0.3, 0.4) is 0 Å². The van der Waals surface area contributed by atoms with E-state index in [1.807, 2.05) is 29.9 Å². The second kappa shape index (κ2) is 6.79. The summed E-state index contributed by atoms with van der Waals surface area (Å²) in [7, 11) is -2.18. The van der Waals surface area contributed by atoms with E-state index in [1.54, 1.807) is 23.7 Å². The molecule has 0 radical (unpaired) electrons. The lowest BCUT2D eigenvalue weighted by Gasteiger charge is -2.34. The van der Waals surface area contributed by atoms with Crippen molar-refractivity contribution >= 4 is 52.2 Å². The maximum atomic E-state index is 10.4. The fourth-order valence-electron chi connectivity index (χ4n) is 2.30. The minimum absolute atomic E-state index is 0.0279. The molecule has 0 unspecified atom stereocenters. The minimum atomic E-state index is -2.18. The molecule has 3 aromatic heterocycles. The first-order valence-electron chi connectivity index (χ1n) is 8.09. The molecular formula is C16H22BrN5OSSi. The number of thiazole rings is 1. The van der Waals surface area contributed by atoms with Crippen LogP contribution in [-0.4, -0.2) is 32.5 Å². The van der Waals surface area contributed by atoms with Crippen molar-refractivity contribution in [2.45, 2.75) is 44.8 Å². The Morgan fingerprint density at radius 1 is 1.28 bits per heavy atom. The van der Waals surface area contributed by atoms with Gasteiger partial charge in [0.15, 0.2) is 24.9 Å². The van der Waals surface area contributed by atoms with Crippen LogP contribution in [0.15, 0.2) is 29.4 Å². The van der Waals surface area contributed by atoms with Gasteiger partial charge in [0, 0.05) is 23.5 Å². The van der Waals surface area contributed by atoms with Gasteiger partial charge in [0.25, 0.3) is 0 Å². The molecule has 0 aliphatic rings. The summed E-state index contributed by atoms with van der Waals surface area (Å²) in [4.78, 5) is 24.8. The molecule has 3 rings (SSSR count). The molecule has 134 valence electrons. The van der Waals surface area contributed by atoms with Crippen molar-refractivity contribution in [3.8, 4) is 0 Å². The summed E-state index contributed by atoms with van der Waals surface area (Å²) in [5.74, 6) is 0.679. The van der Waals surface area contributed by atoms with E-state index in [0.717, 1.165) is 28.2 Å². The Hall–Kier alpha value is -1.29. The van der Waals surface area contributed by atoms with Crippen molar-refractivity contribution in [2.24, 2.45) is 0 Å². The first-order valence-corrected chi connectivity index (χ1v) is 12.6. The van der Waals surface area contributed by atoms with Crippen LogP contribution in [0.1, 0.15) is 25.1 Å². The van der Waals surface area contributed by atoms with Gasteiger partial charge in [0.2, 0.25) is 0 Å². The Balaban J connectivity index is 1.72. The number of imidazole rings is 1. The quantitative estimate of drug-likeness (QED) is 0.548. The van der Waals surface area contributed by atoms with Crippen molar-refractivity contribution in [3.63, 3.8) is 0 Å². The molecule has 0 fully saturated rings. The summed E-state index contributed by atoms with van der Waals surface area (Å²) >= 11 is 5.07. The van der Waals surface area contributed by atoms with E-state index < -0.39 is 8.32 Å². The highest BCUT2D eigenvalue weighted by molar-refractivity contribution is 9.10. The number of rotatable bonds is 6. The molecule has 0 aliphatic heterocycles. The Kier molecular flexibility index (Phi) is 5.02. The van der Waals surface area contributed by atoms with E-state index in [9.17, 15) is 4.80 Å². The normalized spacial score (nSPS) is 12.7. The Labute approximate surface area is 160 Å². The van der Waals surface area contributed by atoms with Gasteiger partial charge in [-0.25, -0.2) is 15.0 Å². The van der Waals surface area contributed by atoms with Crippen LogP contribution in [0.4, 0.5) is 10.9 Å². The van der Waals surface area contributed by atoms with Crippen molar-refractivity contribution in [3.05, 3.63) is 34.3 Å². The molecule has 0 aliphatic carbocycles. The van der Waals surface area contributed by atoms with Gasteiger partial charge in [0.05, 0.1) is 6.20 Å². The topological polar surface area (TPSA) is 75.3 Å². The Bertz CT molecular complexity index is 886. The molecule has 2 N–H and O–H groups in total. The zero-order valence-electron chi connectivity index (χ0n) is 14.7. The van der Waals surface area contributed by atoms with Crippen molar-refractivity contribution in [1.82, 2.24) is 19.4 Å². The molecule has 3 aromatic rings. The van der Waals surface area contributed by atoms with Gasteiger partial charge in [-0.3, -0.25) is 4.40 Å². The number of hydrogen-bond donors (Lipinski definition) is 2. The monoisotopic (exact) mass is 439 g/mol. The molecule has 0 aromatic carbocycles. The van der Waals surface area contributed by atoms with Crippen LogP contribution in [0.5, 0.6) is 0 Å². The molecule has 9 heteroatoms. The summed E-state index contributed by atoms with van der Waals surface area (Å²) in [6, 6.07) is 0. The Morgan fingerprint density at radius 2 is 2.04 bits per heavy atom. The summed E-state index contributed by atoms with van der Waals surface area (Å²) in [6.45, 7) is 8.31. The van der Waals surface area contributed by atoms with Crippen LogP contribution in [0.25, 0.3) is 5.65 Å². The third-order valence-electron chi connectivity index (χ3n) is 4.81. The van der Waals surface area contributed by atoms with Gasteiger partial charge in [-0.2, -0.15) is 0 Å².